The summed E-state index contributed by atoms with van der Waals surface area (Å²) in [6.07, 6.45) is 3.45. The molecule has 1 aromatic heterocycles. The number of nitrogens with one attached hydrogen (secondary N) is 1. The van der Waals surface area contributed by atoms with Crippen LogP contribution in [-0.4, -0.2) is 23.4 Å². The standard InChI is InChI=1S/C17H19FN2O2/c18-14-7-5-13(6-8-14)12-20-9-1-4-16(20)17(21)19-11-15-3-2-10-22-15/h2-3,5-8,10,16H,1,4,9,11-12H2,(H,19,21). The number of rotatable bonds is 5. The van der Waals surface area contributed by atoms with E-state index in [2.05, 4.69) is 10.2 Å². The zero-order chi connectivity index (χ0) is 15.4. The molecular weight excluding hydrogens is 283 g/mol. The van der Waals surface area contributed by atoms with Gasteiger partial charge in [0, 0.05) is 6.54 Å². The van der Waals surface area contributed by atoms with Crippen LogP contribution in [0.4, 0.5) is 4.39 Å². The predicted molar refractivity (Wildman–Crippen MR) is 80.4 cm³/mol. The van der Waals surface area contributed by atoms with Gasteiger partial charge < -0.3 is 9.73 Å². The number of carbonyl (C=O) groups excluding carboxylic acids is 1. The van der Waals surface area contributed by atoms with Gasteiger partial charge in [-0.25, -0.2) is 4.39 Å². The summed E-state index contributed by atoms with van der Waals surface area (Å²) in [7, 11) is 0. The first-order chi connectivity index (χ1) is 10.7. The fourth-order valence-electron chi connectivity index (χ4n) is 2.84. The number of halogens is 1. The second-order valence-corrected chi connectivity index (χ2v) is 5.55. The van der Waals surface area contributed by atoms with Crippen molar-refractivity contribution in [3.63, 3.8) is 0 Å². The van der Waals surface area contributed by atoms with Crippen molar-refractivity contribution in [1.29, 1.82) is 0 Å². The van der Waals surface area contributed by atoms with Crippen molar-refractivity contribution in [3.8, 4) is 0 Å². The second-order valence-electron chi connectivity index (χ2n) is 5.55. The summed E-state index contributed by atoms with van der Waals surface area (Å²) < 4.78 is 18.2. The first kappa shape index (κ1) is 14.8. The van der Waals surface area contributed by atoms with Crippen LogP contribution in [0.3, 0.4) is 0 Å². The molecule has 0 spiro atoms. The summed E-state index contributed by atoms with van der Waals surface area (Å²) in [5.41, 5.74) is 1.02. The zero-order valence-corrected chi connectivity index (χ0v) is 12.3. The van der Waals surface area contributed by atoms with Crippen LogP contribution in [0.1, 0.15) is 24.2 Å². The van der Waals surface area contributed by atoms with Crippen molar-refractivity contribution in [2.75, 3.05) is 6.54 Å². The lowest BCUT2D eigenvalue weighted by Gasteiger charge is -2.23. The minimum atomic E-state index is -0.238. The number of benzene rings is 1. The molecule has 1 amide bonds. The number of carbonyl (C=O) groups is 1. The van der Waals surface area contributed by atoms with Gasteiger partial charge in [-0.2, -0.15) is 0 Å². The molecule has 0 saturated carbocycles. The Bertz CT molecular complexity index is 610. The van der Waals surface area contributed by atoms with Crippen LogP contribution in [0.2, 0.25) is 0 Å². The largest absolute Gasteiger partial charge is 0.467 e. The zero-order valence-electron chi connectivity index (χ0n) is 12.3. The quantitative estimate of drug-likeness (QED) is 0.923. The minimum Gasteiger partial charge on any atom is -0.467 e. The fourth-order valence-corrected chi connectivity index (χ4v) is 2.84. The van der Waals surface area contributed by atoms with E-state index in [0.29, 0.717) is 13.1 Å². The maximum Gasteiger partial charge on any atom is 0.237 e. The maximum atomic E-state index is 13.0. The van der Waals surface area contributed by atoms with Crippen molar-refractivity contribution in [1.82, 2.24) is 10.2 Å². The van der Waals surface area contributed by atoms with Crippen molar-refractivity contribution in [3.05, 3.63) is 59.8 Å². The van der Waals surface area contributed by atoms with E-state index in [1.165, 1.54) is 12.1 Å². The van der Waals surface area contributed by atoms with E-state index in [4.69, 9.17) is 4.42 Å². The second kappa shape index (κ2) is 6.75. The van der Waals surface area contributed by atoms with Gasteiger partial charge in [0.05, 0.1) is 18.8 Å². The minimum absolute atomic E-state index is 0.0241. The van der Waals surface area contributed by atoms with Gasteiger partial charge in [0.15, 0.2) is 0 Å². The normalized spacial score (nSPS) is 18.5. The molecule has 0 radical (unpaired) electrons. The van der Waals surface area contributed by atoms with Crippen LogP contribution < -0.4 is 5.32 Å². The highest BCUT2D eigenvalue weighted by atomic mass is 19.1. The molecule has 1 saturated heterocycles. The van der Waals surface area contributed by atoms with Gasteiger partial charge in [-0.05, 0) is 49.2 Å². The van der Waals surface area contributed by atoms with Crippen molar-refractivity contribution in [2.24, 2.45) is 0 Å². The molecule has 4 nitrogen and oxygen atoms in total. The van der Waals surface area contributed by atoms with Gasteiger partial charge in [0.1, 0.15) is 11.6 Å². The van der Waals surface area contributed by atoms with Gasteiger partial charge >= 0.3 is 0 Å². The van der Waals surface area contributed by atoms with Crippen LogP contribution in [0.15, 0.2) is 47.1 Å². The van der Waals surface area contributed by atoms with E-state index in [0.717, 1.165) is 30.7 Å². The molecule has 3 rings (SSSR count). The Kier molecular flexibility index (Phi) is 4.53. The van der Waals surface area contributed by atoms with E-state index >= 15 is 0 Å². The summed E-state index contributed by atoms with van der Waals surface area (Å²) in [4.78, 5) is 14.5. The molecule has 5 heteroatoms. The molecule has 0 bridgehead atoms. The Morgan fingerprint density at radius 2 is 2.14 bits per heavy atom. The molecule has 1 aliphatic rings. The number of nitrogens with zero attached hydrogens (tertiary/aromatic N) is 1. The van der Waals surface area contributed by atoms with E-state index in [1.54, 1.807) is 24.5 Å². The summed E-state index contributed by atoms with van der Waals surface area (Å²) in [5.74, 6) is 0.533. The third kappa shape index (κ3) is 3.54. The van der Waals surface area contributed by atoms with Crippen LogP contribution >= 0.6 is 0 Å². The van der Waals surface area contributed by atoms with Crippen LogP contribution in [0, 0.1) is 5.82 Å². The highest BCUT2D eigenvalue weighted by Gasteiger charge is 2.30. The van der Waals surface area contributed by atoms with Crippen LogP contribution in [0.5, 0.6) is 0 Å². The first-order valence-corrected chi connectivity index (χ1v) is 7.51. The van der Waals surface area contributed by atoms with E-state index in [-0.39, 0.29) is 17.8 Å². The molecule has 1 atom stereocenters. The smallest absolute Gasteiger partial charge is 0.237 e. The third-order valence-corrected chi connectivity index (χ3v) is 3.98. The highest BCUT2D eigenvalue weighted by molar-refractivity contribution is 5.81. The molecule has 22 heavy (non-hydrogen) atoms. The fraction of sp³-hybridized carbons (Fsp3) is 0.353. The average Bonchev–Trinajstić information content (AvgIpc) is 3.18. The molecule has 1 unspecified atom stereocenters. The number of hydrogen-bond donors (Lipinski definition) is 1. The molecule has 116 valence electrons. The molecule has 1 fully saturated rings. The van der Waals surface area contributed by atoms with Crippen molar-refractivity contribution in [2.45, 2.75) is 32.0 Å². The SMILES string of the molecule is O=C(NCc1ccco1)C1CCCN1Cc1ccc(F)cc1. The van der Waals surface area contributed by atoms with Crippen molar-refractivity contribution < 1.29 is 13.6 Å². The predicted octanol–water partition coefficient (Wildman–Crippen LogP) is 2.70. The Morgan fingerprint density at radius 1 is 1.32 bits per heavy atom. The molecule has 2 aromatic rings. The summed E-state index contributed by atoms with van der Waals surface area (Å²) in [5, 5.41) is 2.92. The molecule has 0 aliphatic carbocycles. The lowest BCUT2D eigenvalue weighted by Crippen LogP contribution is -2.42. The number of hydrogen-bond acceptors (Lipinski definition) is 3. The third-order valence-electron chi connectivity index (χ3n) is 3.98. The monoisotopic (exact) mass is 302 g/mol. The van der Waals surface area contributed by atoms with Gasteiger partial charge in [-0.1, -0.05) is 12.1 Å². The Labute approximate surface area is 128 Å². The number of amides is 1. The van der Waals surface area contributed by atoms with Crippen molar-refractivity contribution >= 4 is 5.91 Å². The maximum absolute atomic E-state index is 13.0. The lowest BCUT2D eigenvalue weighted by molar-refractivity contribution is -0.125. The van der Waals surface area contributed by atoms with Gasteiger partial charge in [0.2, 0.25) is 5.91 Å². The lowest BCUT2D eigenvalue weighted by atomic mass is 10.1. The number of furan rings is 1. The van der Waals surface area contributed by atoms with Gasteiger partial charge in [-0.3, -0.25) is 9.69 Å². The Hall–Kier alpha value is -2.14. The first-order valence-electron chi connectivity index (χ1n) is 7.51. The summed E-state index contributed by atoms with van der Waals surface area (Å²) in [6, 6.07) is 9.97. The van der Waals surface area contributed by atoms with Crippen LogP contribution in [0.25, 0.3) is 0 Å². The molecule has 2 heterocycles. The Morgan fingerprint density at radius 3 is 2.86 bits per heavy atom. The van der Waals surface area contributed by atoms with Crippen LogP contribution in [-0.2, 0) is 17.9 Å². The molecular formula is C17H19FN2O2. The summed E-state index contributed by atoms with van der Waals surface area (Å²) in [6.45, 7) is 1.96. The van der Waals surface area contributed by atoms with Gasteiger partial charge in [0.25, 0.3) is 0 Å². The highest BCUT2D eigenvalue weighted by Crippen LogP contribution is 2.20. The average molecular weight is 302 g/mol. The Balaban J connectivity index is 1.57. The van der Waals surface area contributed by atoms with Gasteiger partial charge in [-0.15, -0.1) is 0 Å². The molecule has 1 N–H and O–H groups in total. The van der Waals surface area contributed by atoms with E-state index < -0.39 is 0 Å². The number of likely N-dealkylation sites (tertiary alicyclic amines) is 1. The summed E-state index contributed by atoms with van der Waals surface area (Å²) >= 11 is 0. The molecule has 1 aliphatic heterocycles. The van der Waals surface area contributed by atoms with E-state index in [9.17, 15) is 9.18 Å². The van der Waals surface area contributed by atoms with E-state index in [1.807, 2.05) is 6.07 Å². The molecule has 1 aromatic carbocycles. The topological polar surface area (TPSA) is 45.5 Å².